The maximum atomic E-state index is 6.25. The highest BCUT2D eigenvalue weighted by atomic mass is 16.5. The lowest BCUT2D eigenvalue weighted by molar-refractivity contribution is -0.113. The molecule has 1 rings (SSSR count). The van der Waals surface area contributed by atoms with Crippen LogP contribution in [0.4, 0.5) is 0 Å². The van der Waals surface area contributed by atoms with Gasteiger partial charge in [0.2, 0.25) is 0 Å². The quantitative estimate of drug-likeness (QED) is 0.726. The van der Waals surface area contributed by atoms with Crippen LogP contribution in [0.5, 0.6) is 0 Å². The van der Waals surface area contributed by atoms with E-state index in [1.54, 1.807) is 7.11 Å². The molecule has 0 aromatic heterocycles. The van der Waals surface area contributed by atoms with Gasteiger partial charge in [0.05, 0.1) is 11.7 Å². The standard InChI is InChI=1S/C15H31NO2/c1-4-5-14-6-9-15(12-16,10-7-14)18-13(2)8-11-17-3/h13-14H,4-12,16H2,1-3H3. The maximum Gasteiger partial charge on any atom is 0.0807 e. The summed E-state index contributed by atoms with van der Waals surface area (Å²) >= 11 is 0. The minimum Gasteiger partial charge on any atom is -0.385 e. The number of rotatable bonds is 8. The Kier molecular flexibility index (Phi) is 7.20. The molecule has 108 valence electrons. The molecule has 1 fully saturated rings. The van der Waals surface area contributed by atoms with Gasteiger partial charge in [-0.1, -0.05) is 19.8 Å². The van der Waals surface area contributed by atoms with Gasteiger partial charge in [-0.2, -0.15) is 0 Å². The summed E-state index contributed by atoms with van der Waals surface area (Å²) in [6.45, 7) is 5.83. The highest BCUT2D eigenvalue weighted by Gasteiger charge is 2.35. The molecule has 1 saturated carbocycles. The Balaban J connectivity index is 2.40. The molecule has 18 heavy (non-hydrogen) atoms. The molecule has 1 aliphatic carbocycles. The fourth-order valence-electron chi connectivity index (χ4n) is 3.04. The lowest BCUT2D eigenvalue weighted by Crippen LogP contribution is -2.46. The molecule has 3 nitrogen and oxygen atoms in total. The Labute approximate surface area is 112 Å². The molecular formula is C15H31NO2. The minimum absolute atomic E-state index is 0.0581. The van der Waals surface area contributed by atoms with E-state index in [9.17, 15) is 0 Å². The van der Waals surface area contributed by atoms with Crippen LogP contribution in [0.3, 0.4) is 0 Å². The molecule has 3 heteroatoms. The molecule has 0 saturated heterocycles. The summed E-state index contributed by atoms with van der Waals surface area (Å²) in [5.74, 6) is 0.896. The largest absolute Gasteiger partial charge is 0.385 e. The van der Waals surface area contributed by atoms with Crippen molar-refractivity contribution < 1.29 is 9.47 Å². The summed E-state index contributed by atoms with van der Waals surface area (Å²) in [6.07, 6.45) is 8.68. The van der Waals surface area contributed by atoms with E-state index in [1.165, 1.54) is 25.7 Å². The van der Waals surface area contributed by atoms with Crippen molar-refractivity contribution >= 4 is 0 Å². The van der Waals surface area contributed by atoms with Crippen molar-refractivity contribution in [3.8, 4) is 0 Å². The third-order valence-corrected chi connectivity index (χ3v) is 4.27. The fraction of sp³-hybridized carbons (Fsp3) is 1.00. The average Bonchev–Trinajstić information content (AvgIpc) is 2.39. The van der Waals surface area contributed by atoms with Crippen molar-refractivity contribution in [1.29, 1.82) is 0 Å². The van der Waals surface area contributed by atoms with E-state index >= 15 is 0 Å². The van der Waals surface area contributed by atoms with Gasteiger partial charge in [0, 0.05) is 20.3 Å². The summed E-state index contributed by atoms with van der Waals surface area (Å²) in [5.41, 5.74) is 5.92. The summed E-state index contributed by atoms with van der Waals surface area (Å²) in [4.78, 5) is 0. The van der Waals surface area contributed by atoms with Crippen molar-refractivity contribution in [3.63, 3.8) is 0 Å². The van der Waals surface area contributed by atoms with Crippen LogP contribution in [-0.2, 0) is 9.47 Å². The lowest BCUT2D eigenvalue weighted by atomic mass is 9.77. The molecule has 0 radical (unpaired) electrons. The number of hydrogen-bond acceptors (Lipinski definition) is 3. The molecular weight excluding hydrogens is 226 g/mol. The number of methoxy groups -OCH3 is 1. The zero-order valence-corrected chi connectivity index (χ0v) is 12.4. The Morgan fingerprint density at radius 1 is 1.33 bits per heavy atom. The van der Waals surface area contributed by atoms with Gasteiger partial charge in [-0.05, 0) is 44.9 Å². The van der Waals surface area contributed by atoms with Gasteiger partial charge >= 0.3 is 0 Å². The summed E-state index contributed by atoms with van der Waals surface area (Å²) in [7, 11) is 1.74. The predicted octanol–water partition coefficient (Wildman–Crippen LogP) is 3.12. The van der Waals surface area contributed by atoms with Crippen molar-refractivity contribution in [2.45, 2.75) is 70.5 Å². The second-order valence-corrected chi connectivity index (χ2v) is 5.83. The number of hydrogen-bond donors (Lipinski definition) is 1. The third-order valence-electron chi connectivity index (χ3n) is 4.27. The van der Waals surface area contributed by atoms with Gasteiger partial charge in [0.15, 0.2) is 0 Å². The molecule has 0 amide bonds. The van der Waals surface area contributed by atoms with E-state index < -0.39 is 0 Å². The van der Waals surface area contributed by atoms with E-state index in [-0.39, 0.29) is 11.7 Å². The molecule has 0 spiro atoms. The van der Waals surface area contributed by atoms with Crippen molar-refractivity contribution in [3.05, 3.63) is 0 Å². The monoisotopic (exact) mass is 257 g/mol. The minimum atomic E-state index is -0.0581. The van der Waals surface area contributed by atoms with Crippen LogP contribution < -0.4 is 5.73 Å². The maximum absolute atomic E-state index is 6.25. The molecule has 0 bridgehead atoms. The van der Waals surface area contributed by atoms with Crippen LogP contribution >= 0.6 is 0 Å². The third kappa shape index (κ3) is 4.87. The highest BCUT2D eigenvalue weighted by molar-refractivity contribution is 4.89. The van der Waals surface area contributed by atoms with Crippen LogP contribution in [0.2, 0.25) is 0 Å². The van der Waals surface area contributed by atoms with Gasteiger partial charge in [-0.15, -0.1) is 0 Å². The van der Waals surface area contributed by atoms with Gasteiger partial charge in [0.1, 0.15) is 0 Å². The molecule has 0 aromatic rings. The Morgan fingerprint density at radius 2 is 2.00 bits per heavy atom. The molecule has 0 aliphatic heterocycles. The Bertz CT molecular complexity index is 213. The van der Waals surface area contributed by atoms with Gasteiger partial charge in [0.25, 0.3) is 0 Å². The first kappa shape index (κ1) is 15.9. The van der Waals surface area contributed by atoms with E-state index in [1.807, 2.05) is 0 Å². The topological polar surface area (TPSA) is 44.5 Å². The molecule has 0 heterocycles. The molecule has 2 N–H and O–H groups in total. The molecule has 1 aliphatic rings. The smallest absolute Gasteiger partial charge is 0.0807 e. The van der Waals surface area contributed by atoms with Crippen molar-refractivity contribution in [2.75, 3.05) is 20.3 Å². The Hall–Kier alpha value is -0.120. The van der Waals surface area contributed by atoms with Crippen molar-refractivity contribution in [2.24, 2.45) is 11.7 Å². The SMILES string of the molecule is CCCC1CCC(CN)(OC(C)CCOC)CC1. The highest BCUT2D eigenvalue weighted by Crippen LogP contribution is 2.37. The van der Waals surface area contributed by atoms with E-state index in [2.05, 4.69) is 13.8 Å². The van der Waals surface area contributed by atoms with Gasteiger partial charge < -0.3 is 15.2 Å². The zero-order chi connectivity index (χ0) is 13.4. The fourth-order valence-corrected chi connectivity index (χ4v) is 3.04. The normalized spacial score (nSPS) is 30.3. The van der Waals surface area contributed by atoms with E-state index in [0.717, 1.165) is 31.8 Å². The first-order valence-corrected chi connectivity index (χ1v) is 7.52. The van der Waals surface area contributed by atoms with Gasteiger partial charge in [-0.25, -0.2) is 0 Å². The average molecular weight is 257 g/mol. The van der Waals surface area contributed by atoms with Crippen LogP contribution in [0.25, 0.3) is 0 Å². The van der Waals surface area contributed by atoms with Crippen LogP contribution in [-0.4, -0.2) is 32.0 Å². The zero-order valence-electron chi connectivity index (χ0n) is 12.4. The second kappa shape index (κ2) is 8.13. The van der Waals surface area contributed by atoms with Crippen LogP contribution in [0.15, 0.2) is 0 Å². The molecule has 1 atom stereocenters. The Morgan fingerprint density at radius 3 is 2.50 bits per heavy atom. The van der Waals surface area contributed by atoms with Crippen molar-refractivity contribution in [1.82, 2.24) is 0 Å². The van der Waals surface area contributed by atoms with Gasteiger partial charge in [-0.3, -0.25) is 0 Å². The summed E-state index contributed by atoms with van der Waals surface area (Å²) in [6, 6.07) is 0. The lowest BCUT2D eigenvalue weighted by Gasteiger charge is -2.41. The predicted molar refractivity (Wildman–Crippen MR) is 75.7 cm³/mol. The number of nitrogens with two attached hydrogens (primary N) is 1. The van der Waals surface area contributed by atoms with Crippen LogP contribution in [0.1, 0.15) is 58.8 Å². The van der Waals surface area contributed by atoms with E-state index in [4.69, 9.17) is 15.2 Å². The molecule has 1 unspecified atom stereocenters. The molecule has 0 aromatic carbocycles. The number of ether oxygens (including phenoxy) is 2. The summed E-state index contributed by atoms with van der Waals surface area (Å²) < 4.78 is 11.4. The summed E-state index contributed by atoms with van der Waals surface area (Å²) in [5, 5.41) is 0. The second-order valence-electron chi connectivity index (χ2n) is 5.83. The first-order valence-electron chi connectivity index (χ1n) is 7.52. The first-order chi connectivity index (χ1) is 8.65. The van der Waals surface area contributed by atoms with E-state index in [0.29, 0.717) is 6.54 Å². The van der Waals surface area contributed by atoms with Crippen LogP contribution in [0, 0.1) is 5.92 Å².